The minimum atomic E-state index is -3.38. The van der Waals surface area contributed by atoms with Crippen LogP contribution in [0.25, 0.3) is 5.57 Å². The number of benzene rings is 1. The van der Waals surface area contributed by atoms with Crippen LogP contribution < -0.4 is 10.6 Å². The lowest BCUT2D eigenvalue weighted by Gasteiger charge is -2.31. The van der Waals surface area contributed by atoms with Gasteiger partial charge < -0.3 is 15.5 Å². The first-order chi connectivity index (χ1) is 17.7. The molecule has 2 N–H and O–H groups in total. The van der Waals surface area contributed by atoms with Crippen molar-refractivity contribution in [1.82, 2.24) is 15.5 Å². The number of amides is 1. The molecule has 1 amide bonds. The van der Waals surface area contributed by atoms with Gasteiger partial charge in [-0.15, -0.1) is 0 Å². The highest BCUT2D eigenvalue weighted by atomic mass is 35.5. The molecule has 0 radical (unpaired) electrons. The maximum absolute atomic E-state index is 13.0. The number of sulfone groups is 1. The molecule has 9 heteroatoms. The fraction of sp³-hybridized carbons (Fsp3) is 0.379. The van der Waals surface area contributed by atoms with Crippen LogP contribution in [-0.4, -0.2) is 56.8 Å². The first-order valence-corrected chi connectivity index (χ1v) is 14.9. The molecular weight excluding hydrogens is 520 g/mol. The summed E-state index contributed by atoms with van der Waals surface area (Å²) in [4.78, 5) is 19.1. The SMILES string of the molecule is C=C1C(C(C)(C)C)=CC=CC1NC(=O)Cc1ccc(Cl)c(C2=CCC3=C(NC(S(C)(=O)=O)N=C3)N(C)C2)c1. The van der Waals surface area contributed by atoms with Crippen LogP contribution in [0.4, 0.5) is 0 Å². The van der Waals surface area contributed by atoms with Gasteiger partial charge >= 0.3 is 0 Å². The Morgan fingerprint density at radius 2 is 2.05 bits per heavy atom. The zero-order valence-electron chi connectivity index (χ0n) is 22.5. The van der Waals surface area contributed by atoms with Crippen LogP contribution >= 0.6 is 11.6 Å². The van der Waals surface area contributed by atoms with Gasteiger partial charge in [0.15, 0.2) is 9.84 Å². The Bertz CT molecular complexity index is 1430. The van der Waals surface area contributed by atoms with E-state index in [9.17, 15) is 13.2 Å². The van der Waals surface area contributed by atoms with Crippen LogP contribution in [0.5, 0.6) is 0 Å². The molecule has 0 saturated carbocycles. The smallest absolute Gasteiger partial charge is 0.225 e. The van der Waals surface area contributed by atoms with Crippen molar-refractivity contribution in [1.29, 1.82) is 0 Å². The predicted octanol–water partition coefficient (Wildman–Crippen LogP) is 4.40. The molecule has 2 aliphatic heterocycles. The average Bonchev–Trinajstić information content (AvgIpc) is 2.99. The van der Waals surface area contributed by atoms with Crippen LogP contribution in [0.2, 0.25) is 5.02 Å². The molecule has 0 saturated heterocycles. The second kappa shape index (κ2) is 10.6. The summed E-state index contributed by atoms with van der Waals surface area (Å²) in [5, 5.41) is 6.74. The standard InChI is InChI=1S/C29H35ClN4O3S/c1-18-23(29(2,3)4)8-7-9-25(18)32-26(35)15-19-10-13-24(30)22(14-19)21-12-11-20-16-31-28(38(6,36)37)33-27(20)34(5)17-21/h7-10,12-14,16,25,28,33H,1,11,15,17H2,2-6H3,(H,32,35). The van der Waals surface area contributed by atoms with Gasteiger partial charge in [-0.2, -0.15) is 0 Å². The lowest BCUT2D eigenvalue weighted by Crippen LogP contribution is -2.42. The van der Waals surface area contributed by atoms with Crippen LogP contribution in [0.3, 0.4) is 0 Å². The van der Waals surface area contributed by atoms with Gasteiger partial charge in [0.05, 0.1) is 12.5 Å². The van der Waals surface area contributed by atoms with Crippen molar-refractivity contribution in [2.75, 3.05) is 19.8 Å². The average molecular weight is 555 g/mol. The van der Waals surface area contributed by atoms with Crippen molar-refractivity contribution in [3.05, 3.63) is 87.8 Å². The lowest BCUT2D eigenvalue weighted by atomic mass is 9.78. The molecule has 2 heterocycles. The van der Waals surface area contributed by atoms with E-state index in [1.807, 2.05) is 42.3 Å². The van der Waals surface area contributed by atoms with Crippen molar-refractivity contribution >= 4 is 39.1 Å². The minimum Gasteiger partial charge on any atom is -0.357 e. The molecule has 0 fully saturated rings. The second-order valence-corrected chi connectivity index (χ2v) is 13.6. The van der Waals surface area contributed by atoms with E-state index in [-0.39, 0.29) is 23.8 Å². The number of hydrogen-bond acceptors (Lipinski definition) is 6. The van der Waals surface area contributed by atoms with Crippen LogP contribution in [0.15, 0.2) is 76.6 Å². The number of aliphatic imine (C=N–C) groups is 1. The Kier molecular flexibility index (Phi) is 7.77. The lowest BCUT2D eigenvalue weighted by molar-refractivity contribution is -0.120. The van der Waals surface area contributed by atoms with E-state index in [2.05, 4.69) is 55.1 Å². The minimum absolute atomic E-state index is 0.0589. The number of carbonyl (C=O) groups excluding carboxylic acids is 1. The summed E-state index contributed by atoms with van der Waals surface area (Å²) in [6, 6.07) is 5.40. The van der Waals surface area contributed by atoms with Crippen molar-refractivity contribution < 1.29 is 13.2 Å². The van der Waals surface area contributed by atoms with E-state index in [4.69, 9.17) is 11.6 Å². The number of likely N-dealkylation sites (N-methyl/N-ethyl adjacent to an activating group) is 1. The molecule has 0 bridgehead atoms. The van der Waals surface area contributed by atoms with E-state index in [0.29, 0.717) is 18.0 Å². The van der Waals surface area contributed by atoms with E-state index in [1.165, 1.54) is 0 Å². The molecule has 1 aliphatic carbocycles. The summed E-state index contributed by atoms with van der Waals surface area (Å²) < 4.78 is 24.0. The molecule has 0 aromatic heterocycles. The molecule has 4 rings (SSSR count). The molecule has 0 spiro atoms. The number of rotatable bonds is 5. The maximum atomic E-state index is 13.0. The van der Waals surface area contributed by atoms with Crippen molar-refractivity contribution in [2.24, 2.45) is 10.4 Å². The summed E-state index contributed by atoms with van der Waals surface area (Å²) in [7, 11) is -1.49. The number of nitrogens with zero attached hydrogens (tertiary/aromatic N) is 2. The van der Waals surface area contributed by atoms with Gasteiger partial charge in [-0.05, 0) is 51.8 Å². The van der Waals surface area contributed by atoms with Gasteiger partial charge in [0.1, 0.15) is 5.82 Å². The fourth-order valence-electron chi connectivity index (χ4n) is 4.87. The molecule has 2 unspecified atom stereocenters. The number of halogens is 1. The zero-order chi connectivity index (χ0) is 27.8. The third kappa shape index (κ3) is 6.13. The highest BCUT2D eigenvalue weighted by Gasteiger charge is 2.29. The summed E-state index contributed by atoms with van der Waals surface area (Å²) in [6.07, 6.45) is 11.6. The van der Waals surface area contributed by atoms with Gasteiger partial charge in [-0.1, -0.05) is 69.3 Å². The van der Waals surface area contributed by atoms with E-state index in [0.717, 1.165) is 45.5 Å². The number of allylic oxidation sites excluding steroid dienone is 4. The zero-order valence-corrected chi connectivity index (χ0v) is 24.1. The summed E-state index contributed by atoms with van der Waals surface area (Å²) in [5.41, 5.74) is 4.56. The van der Waals surface area contributed by atoms with Crippen molar-refractivity contribution in [2.45, 2.75) is 45.2 Å². The molecule has 1 aromatic rings. The van der Waals surface area contributed by atoms with Crippen LogP contribution in [-0.2, 0) is 21.1 Å². The van der Waals surface area contributed by atoms with Gasteiger partial charge in [0, 0.05) is 36.7 Å². The molecule has 1 aromatic carbocycles. The van der Waals surface area contributed by atoms with Gasteiger partial charge in [-0.25, -0.2) is 8.42 Å². The first kappa shape index (κ1) is 27.9. The monoisotopic (exact) mass is 554 g/mol. The normalized spacial score (nSPS) is 21.8. The molecular formula is C29H35ClN4O3S. The van der Waals surface area contributed by atoms with Gasteiger partial charge in [0.25, 0.3) is 0 Å². The predicted molar refractivity (Wildman–Crippen MR) is 155 cm³/mol. The molecule has 202 valence electrons. The van der Waals surface area contributed by atoms with E-state index in [1.54, 1.807) is 6.21 Å². The third-order valence-electron chi connectivity index (χ3n) is 6.85. The highest BCUT2D eigenvalue weighted by molar-refractivity contribution is 7.91. The maximum Gasteiger partial charge on any atom is 0.225 e. The second-order valence-electron chi connectivity index (χ2n) is 11.0. The quantitative estimate of drug-likeness (QED) is 0.563. The summed E-state index contributed by atoms with van der Waals surface area (Å²) in [5.74, 6) is 0.637. The molecule has 2 atom stereocenters. The van der Waals surface area contributed by atoms with Gasteiger partial charge in [-0.3, -0.25) is 9.79 Å². The van der Waals surface area contributed by atoms with E-state index < -0.39 is 15.3 Å². The molecule has 38 heavy (non-hydrogen) atoms. The number of hydrogen-bond donors (Lipinski definition) is 2. The Morgan fingerprint density at radius 1 is 1.32 bits per heavy atom. The Balaban J connectivity index is 1.47. The Hall–Kier alpha value is -3.10. The molecule has 7 nitrogen and oxygen atoms in total. The van der Waals surface area contributed by atoms with Crippen molar-refractivity contribution in [3.8, 4) is 0 Å². The Morgan fingerprint density at radius 3 is 2.74 bits per heavy atom. The van der Waals surface area contributed by atoms with E-state index >= 15 is 0 Å². The van der Waals surface area contributed by atoms with Gasteiger partial charge in [0.2, 0.25) is 11.4 Å². The first-order valence-electron chi connectivity index (χ1n) is 12.5. The third-order valence-corrected chi connectivity index (χ3v) is 8.23. The fourth-order valence-corrected chi connectivity index (χ4v) is 5.72. The topological polar surface area (TPSA) is 90.9 Å². The number of carbonyl (C=O) groups is 1. The largest absolute Gasteiger partial charge is 0.357 e. The van der Waals surface area contributed by atoms with Crippen LogP contribution in [0.1, 0.15) is 38.3 Å². The van der Waals surface area contributed by atoms with Crippen LogP contribution in [0, 0.1) is 5.41 Å². The summed E-state index contributed by atoms with van der Waals surface area (Å²) in [6.45, 7) is 11.2. The molecule has 3 aliphatic rings. The summed E-state index contributed by atoms with van der Waals surface area (Å²) >= 11 is 6.61. The Labute approximate surface area is 230 Å². The number of nitrogens with one attached hydrogen (secondary N) is 2. The van der Waals surface area contributed by atoms with Crippen molar-refractivity contribution in [3.63, 3.8) is 0 Å². The highest BCUT2D eigenvalue weighted by Crippen LogP contribution is 2.34.